The van der Waals surface area contributed by atoms with Crippen LogP contribution in [0.4, 0.5) is 5.82 Å². The van der Waals surface area contributed by atoms with Crippen molar-refractivity contribution in [1.29, 1.82) is 0 Å². The van der Waals surface area contributed by atoms with Crippen molar-refractivity contribution >= 4 is 44.9 Å². The number of thiazole rings is 1. The van der Waals surface area contributed by atoms with Crippen molar-refractivity contribution < 1.29 is 4.79 Å². The number of anilines is 1. The van der Waals surface area contributed by atoms with E-state index in [2.05, 4.69) is 10.3 Å². The van der Waals surface area contributed by atoms with Gasteiger partial charge in [-0.15, -0.1) is 0 Å². The molecule has 0 radical (unpaired) electrons. The molecule has 0 bridgehead atoms. The number of nitrogens with zero attached hydrogens (tertiary/aromatic N) is 3. The summed E-state index contributed by atoms with van der Waals surface area (Å²) in [7, 11) is 0. The summed E-state index contributed by atoms with van der Waals surface area (Å²) in [5.74, 6) is 0.595. The first-order valence-electron chi connectivity index (χ1n) is 8.61. The molecule has 1 aliphatic heterocycles. The fourth-order valence-electron chi connectivity index (χ4n) is 3.64. The van der Waals surface area contributed by atoms with Crippen molar-refractivity contribution in [1.82, 2.24) is 14.8 Å². The second-order valence-corrected chi connectivity index (χ2v) is 8.03. The molecule has 1 aliphatic rings. The number of carbonyl (C=O) groups excluding carboxylic acids is 1. The largest absolute Gasteiger partial charge is 0.310 e. The van der Waals surface area contributed by atoms with E-state index in [1.165, 1.54) is 0 Å². The highest BCUT2D eigenvalue weighted by atomic mass is 35.5. The van der Waals surface area contributed by atoms with Gasteiger partial charge >= 0.3 is 0 Å². The molecule has 27 heavy (non-hydrogen) atoms. The van der Waals surface area contributed by atoms with Crippen molar-refractivity contribution in [2.45, 2.75) is 19.3 Å². The van der Waals surface area contributed by atoms with Crippen LogP contribution in [0.5, 0.6) is 0 Å². The fourth-order valence-corrected chi connectivity index (χ4v) is 4.77. The van der Waals surface area contributed by atoms with Crippen LogP contribution in [0.15, 0.2) is 48.5 Å². The number of aryl methyl sites for hydroxylation is 1. The SMILES string of the molecule is Cc1nn(-c2nc3ccccc3s2)c2c1[C@H](c1cccc(Cl)c1)CC(=O)N2. The van der Waals surface area contributed by atoms with Crippen molar-refractivity contribution in [3.05, 3.63) is 70.4 Å². The average molecular weight is 395 g/mol. The zero-order chi connectivity index (χ0) is 18.5. The maximum atomic E-state index is 12.5. The summed E-state index contributed by atoms with van der Waals surface area (Å²) >= 11 is 7.74. The second-order valence-electron chi connectivity index (χ2n) is 6.58. The van der Waals surface area contributed by atoms with E-state index in [0.717, 1.165) is 32.2 Å². The first-order valence-corrected chi connectivity index (χ1v) is 9.80. The number of hydrogen-bond donors (Lipinski definition) is 1. The maximum Gasteiger partial charge on any atom is 0.226 e. The number of nitrogens with one attached hydrogen (secondary N) is 1. The van der Waals surface area contributed by atoms with Crippen molar-refractivity contribution in [2.24, 2.45) is 0 Å². The standard InChI is InChI=1S/C20H15ClN4OS/c1-11-18-14(12-5-4-6-13(21)9-12)10-17(26)23-19(18)25(24-11)20-22-15-7-2-3-8-16(15)27-20/h2-9,14H,10H2,1H3,(H,23,26)/t14-/m0/s1. The zero-order valence-corrected chi connectivity index (χ0v) is 16.0. The van der Waals surface area contributed by atoms with Crippen LogP contribution in [0.25, 0.3) is 15.3 Å². The zero-order valence-electron chi connectivity index (χ0n) is 14.4. The van der Waals surface area contributed by atoms with E-state index in [1.54, 1.807) is 16.0 Å². The van der Waals surface area contributed by atoms with Gasteiger partial charge in [0.2, 0.25) is 11.0 Å². The lowest BCUT2D eigenvalue weighted by Gasteiger charge is -2.24. The number of hydrogen-bond acceptors (Lipinski definition) is 4. The molecule has 5 nitrogen and oxygen atoms in total. The molecular formula is C20H15ClN4OS. The topological polar surface area (TPSA) is 59.8 Å². The van der Waals surface area contributed by atoms with Gasteiger partial charge in [0.25, 0.3) is 0 Å². The average Bonchev–Trinajstić information content (AvgIpc) is 3.22. The summed E-state index contributed by atoms with van der Waals surface area (Å²) in [5.41, 5.74) is 3.85. The lowest BCUT2D eigenvalue weighted by Crippen LogP contribution is -2.24. The molecule has 3 heterocycles. The molecule has 0 spiro atoms. The van der Waals surface area contributed by atoms with Gasteiger partial charge in [0, 0.05) is 22.9 Å². The molecule has 0 aliphatic carbocycles. The van der Waals surface area contributed by atoms with E-state index >= 15 is 0 Å². The fraction of sp³-hybridized carbons (Fsp3) is 0.150. The summed E-state index contributed by atoms with van der Waals surface area (Å²) in [4.78, 5) is 17.1. The van der Waals surface area contributed by atoms with Gasteiger partial charge in [-0.3, -0.25) is 4.79 Å². The summed E-state index contributed by atoms with van der Waals surface area (Å²) in [6.45, 7) is 1.97. The van der Waals surface area contributed by atoms with Crippen LogP contribution in [0, 0.1) is 6.92 Å². The van der Waals surface area contributed by atoms with E-state index in [0.29, 0.717) is 17.3 Å². The third kappa shape index (κ3) is 2.72. The third-order valence-corrected chi connectivity index (χ3v) is 6.06. The highest BCUT2D eigenvalue weighted by Gasteiger charge is 2.33. The van der Waals surface area contributed by atoms with Crippen LogP contribution in [-0.4, -0.2) is 20.7 Å². The lowest BCUT2D eigenvalue weighted by atomic mass is 9.86. The molecule has 1 amide bonds. The molecule has 5 rings (SSSR count). The third-order valence-electron chi connectivity index (χ3n) is 4.82. The molecule has 1 atom stereocenters. The van der Waals surface area contributed by atoms with E-state index in [-0.39, 0.29) is 11.8 Å². The van der Waals surface area contributed by atoms with Crippen molar-refractivity contribution in [3.63, 3.8) is 0 Å². The second kappa shape index (κ2) is 6.18. The van der Waals surface area contributed by atoms with Crippen LogP contribution >= 0.6 is 22.9 Å². The van der Waals surface area contributed by atoms with Gasteiger partial charge in [0.1, 0.15) is 5.82 Å². The monoisotopic (exact) mass is 394 g/mol. The number of aromatic nitrogens is 3. The van der Waals surface area contributed by atoms with Gasteiger partial charge in [-0.25, -0.2) is 4.98 Å². The molecule has 134 valence electrons. The van der Waals surface area contributed by atoms with Crippen LogP contribution in [0.2, 0.25) is 5.02 Å². The number of amides is 1. The van der Waals surface area contributed by atoms with Crippen LogP contribution in [0.1, 0.15) is 29.2 Å². The highest BCUT2D eigenvalue weighted by Crippen LogP contribution is 2.41. The summed E-state index contributed by atoms with van der Waals surface area (Å²) in [5, 5.41) is 9.12. The number of rotatable bonds is 2. The normalized spacial score (nSPS) is 16.4. The van der Waals surface area contributed by atoms with E-state index in [4.69, 9.17) is 16.7 Å². The molecule has 0 saturated heterocycles. The highest BCUT2D eigenvalue weighted by molar-refractivity contribution is 7.20. The van der Waals surface area contributed by atoms with E-state index in [1.807, 2.05) is 55.5 Å². The quantitative estimate of drug-likeness (QED) is 0.525. The van der Waals surface area contributed by atoms with Crippen LogP contribution in [0.3, 0.4) is 0 Å². The summed E-state index contributed by atoms with van der Waals surface area (Å²) in [6.07, 6.45) is 0.375. The molecule has 0 fully saturated rings. The van der Waals surface area contributed by atoms with Gasteiger partial charge in [0.15, 0.2) is 0 Å². The summed E-state index contributed by atoms with van der Waals surface area (Å²) < 4.78 is 2.84. The minimum Gasteiger partial charge on any atom is -0.310 e. The summed E-state index contributed by atoms with van der Waals surface area (Å²) in [6, 6.07) is 15.6. The molecule has 1 N–H and O–H groups in total. The predicted molar refractivity (Wildman–Crippen MR) is 108 cm³/mol. The van der Waals surface area contributed by atoms with Gasteiger partial charge in [-0.05, 0) is 36.8 Å². The molecule has 7 heteroatoms. The maximum absolute atomic E-state index is 12.5. The number of benzene rings is 2. The molecular weight excluding hydrogens is 380 g/mol. The first kappa shape index (κ1) is 16.5. The molecule has 0 saturated carbocycles. The van der Waals surface area contributed by atoms with E-state index in [9.17, 15) is 4.79 Å². The molecule has 0 unspecified atom stereocenters. The number of carbonyl (C=O) groups is 1. The Balaban J connectivity index is 1.69. The predicted octanol–water partition coefficient (Wildman–Crippen LogP) is 4.92. The van der Waals surface area contributed by atoms with Gasteiger partial charge in [-0.2, -0.15) is 9.78 Å². The van der Waals surface area contributed by atoms with Gasteiger partial charge < -0.3 is 5.32 Å². The first-order chi connectivity index (χ1) is 13.1. The molecule has 4 aromatic rings. The molecule has 2 aromatic heterocycles. The molecule has 2 aromatic carbocycles. The number of halogens is 1. The minimum atomic E-state index is -0.0735. The Labute approximate surface area is 164 Å². The smallest absolute Gasteiger partial charge is 0.226 e. The Morgan fingerprint density at radius 2 is 2.07 bits per heavy atom. The Kier molecular flexibility index (Phi) is 3.77. The number of para-hydroxylation sites is 1. The van der Waals surface area contributed by atoms with Crippen LogP contribution in [-0.2, 0) is 4.79 Å². The van der Waals surface area contributed by atoms with Gasteiger partial charge in [0.05, 0.1) is 15.9 Å². The Hall–Kier alpha value is -2.70. The Bertz CT molecular complexity index is 1160. The van der Waals surface area contributed by atoms with Crippen LogP contribution < -0.4 is 5.32 Å². The lowest BCUT2D eigenvalue weighted by molar-refractivity contribution is -0.116. The Morgan fingerprint density at radius 1 is 1.22 bits per heavy atom. The van der Waals surface area contributed by atoms with E-state index < -0.39 is 0 Å². The van der Waals surface area contributed by atoms with Crippen molar-refractivity contribution in [2.75, 3.05) is 5.32 Å². The number of fused-ring (bicyclic) bond motifs is 2. The minimum absolute atomic E-state index is 0.0327. The van der Waals surface area contributed by atoms with Crippen molar-refractivity contribution in [3.8, 4) is 5.13 Å². The Morgan fingerprint density at radius 3 is 2.89 bits per heavy atom. The van der Waals surface area contributed by atoms with Gasteiger partial charge in [-0.1, -0.05) is 47.2 Å².